The van der Waals surface area contributed by atoms with Gasteiger partial charge in [-0.2, -0.15) is 0 Å². The molecule has 0 saturated carbocycles. The van der Waals surface area contributed by atoms with Crippen molar-refractivity contribution in [1.82, 2.24) is 4.90 Å². The number of carboxylic acid groups (broad SMARTS) is 1. The average Bonchev–Trinajstić information content (AvgIpc) is 2.75. The molecule has 0 radical (unpaired) electrons. The highest BCUT2D eigenvalue weighted by Crippen LogP contribution is 2.32. The molecule has 0 aromatic carbocycles. The number of rotatable bonds is 3. The Morgan fingerprint density at radius 1 is 1.71 bits per heavy atom. The van der Waals surface area contributed by atoms with E-state index in [0.717, 1.165) is 9.21 Å². The number of carboxylic acids is 1. The predicted octanol–water partition coefficient (Wildman–Crippen LogP) is 2.25. The molecule has 1 aliphatic rings. The molecule has 1 aliphatic heterocycles. The van der Waals surface area contributed by atoms with E-state index in [9.17, 15) is 4.79 Å². The van der Waals surface area contributed by atoms with Crippen molar-refractivity contribution in [3.63, 3.8) is 0 Å². The molecule has 1 saturated heterocycles. The van der Waals surface area contributed by atoms with Crippen molar-refractivity contribution in [2.75, 3.05) is 19.8 Å². The lowest BCUT2D eigenvalue weighted by molar-refractivity contribution is -0.151. The summed E-state index contributed by atoms with van der Waals surface area (Å²) >= 11 is 7.39. The summed E-state index contributed by atoms with van der Waals surface area (Å²) in [5.41, 5.74) is 0. The molecule has 0 aliphatic carbocycles. The minimum atomic E-state index is -0.834. The van der Waals surface area contributed by atoms with Crippen LogP contribution in [0.2, 0.25) is 4.34 Å². The molecular weight excluding hydrogens is 262 g/mol. The van der Waals surface area contributed by atoms with Gasteiger partial charge in [-0.05, 0) is 19.1 Å². The third-order valence-electron chi connectivity index (χ3n) is 2.96. The summed E-state index contributed by atoms with van der Waals surface area (Å²) in [6.07, 6.45) is 0. The fourth-order valence-electron chi connectivity index (χ4n) is 2.01. The minimum absolute atomic E-state index is 0.0532. The number of carbonyl (C=O) groups is 1. The fourth-order valence-corrected chi connectivity index (χ4v) is 3.14. The highest BCUT2D eigenvalue weighted by molar-refractivity contribution is 7.16. The number of aliphatic carboxylic acids is 1. The summed E-state index contributed by atoms with van der Waals surface area (Å²) in [6, 6.07) is 3.28. The molecule has 1 fully saturated rings. The third-order valence-corrected chi connectivity index (χ3v) is 4.36. The summed E-state index contributed by atoms with van der Waals surface area (Å²) < 4.78 is 5.95. The maximum Gasteiger partial charge on any atom is 0.323 e. The second-order valence-electron chi connectivity index (χ2n) is 3.98. The first-order valence-corrected chi connectivity index (χ1v) is 6.60. The van der Waals surface area contributed by atoms with E-state index in [1.807, 2.05) is 24.0 Å². The summed E-state index contributed by atoms with van der Waals surface area (Å²) in [4.78, 5) is 14.2. The quantitative estimate of drug-likeness (QED) is 0.919. The highest BCUT2D eigenvalue weighted by Gasteiger charge is 2.33. The van der Waals surface area contributed by atoms with Crippen LogP contribution >= 0.6 is 22.9 Å². The van der Waals surface area contributed by atoms with Crippen LogP contribution in [0.3, 0.4) is 0 Å². The van der Waals surface area contributed by atoms with Gasteiger partial charge in [-0.3, -0.25) is 9.69 Å². The number of morpholine rings is 1. The molecule has 2 unspecified atom stereocenters. The third kappa shape index (κ3) is 2.80. The fraction of sp³-hybridized carbons (Fsp3) is 0.545. The molecule has 1 N–H and O–H groups in total. The van der Waals surface area contributed by atoms with Crippen molar-refractivity contribution in [1.29, 1.82) is 0 Å². The molecule has 2 rings (SSSR count). The van der Waals surface area contributed by atoms with Crippen LogP contribution in [0.25, 0.3) is 0 Å². The molecular formula is C11H14ClNO3S. The van der Waals surface area contributed by atoms with Crippen molar-refractivity contribution in [2.24, 2.45) is 0 Å². The first kappa shape index (κ1) is 12.8. The Balaban J connectivity index is 2.16. The summed E-state index contributed by atoms with van der Waals surface area (Å²) in [5, 5.41) is 9.17. The van der Waals surface area contributed by atoms with Crippen LogP contribution < -0.4 is 0 Å². The van der Waals surface area contributed by atoms with Gasteiger partial charge < -0.3 is 9.84 Å². The highest BCUT2D eigenvalue weighted by atomic mass is 35.5. The number of hydrogen-bond acceptors (Lipinski definition) is 4. The largest absolute Gasteiger partial charge is 0.480 e. The number of nitrogens with zero attached hydrogens (tertiary/aromatic N) is 1. The minimum Gasteiger partial charge on any atom is -0.480 e. The zero-order valence-electron chi connectivity index (χ0n) is 9.43. The van der Waals surface area contributed by atoms with Gasteiger partial charge in [0.05, 0.1) is 17.6 Å². The van der Waals surface area contributed by atoms with E-state index in [4.69, 9.17) is 21.4 Å². The van der Waals surface area contributed by atoms with E-state index < -0.39 is 12.0 Å². The molecule has 17 heavy (non-hydrogen) atoms. The lowest BCUT2D eigenvalue weighted by Crippen LogP contribution is -2.50. The van der Waals surface area contributed by atoms with Crippen molar-refractivity contribution in [3.05, 3.63) is 21.3 Å². The monoisotopic (exact) mass is 275 g/mol. The molecule has 1 aromatic rings. The van der Waals surface area contributed by atoms with E-state index in [0.29, 0.717) is 13.2 Å². The Labute approximate surface area is 109 Å². The Morgan fingerprint density at radius 2 is 2.47 bits per heavy atom. The second kappa shape index (κ2) is 5.35. The first-order chi connectivity index (χ1) is 8.09. The van der Waals surface area contributed by atoms with Crippen molar-refractivity contribution < 1.29 is 14.6 Å². The SMILES string of the molecule is CC(c1ccc(Cl)s1)N1CCOCC1C(=O)O. The molecule has 2 atom stereocenters. The van der Waals surface area contributed by atoms with Crippen LogP contribution in [0.15, 0.2) is 12.1 Å². The first-order valence-electron chi connectivity index (χ1n) is 5.41. The van der Waals surface area contributed by atoms with Gasteiger partial charge >= 0.3 is 5.97 Å². The number of ether oxygens (including phenoxy) is 1. The molecule has 1 aromatic heterocycles. The smallest absolute Gasteiger partial charge is 0.323 e. The molecule has 2 heterocycles. The van der Waals surface area contributed by atoms with E-state index in [1.165, 1.54) is 11.3 Å². The van der Waals surface area contributed by atoms with Crippen LogP contribution in [0.5, 0.6) is 0 Å². The zero-order valence-corrected chi connectivity index (χ0v) is 11.0. The summed E-state index contributed by atoms with van der Waals surface area (Å²) in [6.45, 7) is 3.46. The maximum atomic E-state index is 11.2. The van der Waals surface area contributed by atoms with Crippen LogP contribution in [0.4, 0.5) is 0 Å². The second-order valence-corrected chi connectivity index (χ2v) is 5.73. The van der Waals surface area contributed by atoms with Gasteiger partial charge in [-0.1, -0.05) is 11.6 Å². The normalized spacial score (nSPS) is 23.5. The molecule has 0 spiro atoms. The van der Waals surface area contributed by atoms with Gasteiger partial charge in [-0.25, -0.2) is 0 Å². The molecule has 4 nitrogen and oxygen atoms in total. The van der Waals surface area contributed by atoms with E-state index in [1.54, 1.807) is 0 Å². The average molecular weight is 276 g/mol. The van der Waals surface area contributed by atoms with Crippen LogP contribution in [0, 0.1) is 0 Å². The van der Waals surface area contributed by atoms with Crippen LogP contribution in [0.1, 0.15) is 17.8 Å². The van der Waals surface area contributed by atoms with Gasteiger partial charge in [0.2, 0.25) is 0 Å². The van der Waals surface area contributed by atoms with Gasteiger partial charge in [0.1, 0.15) is 6.04 Å². The lowest BCUT2D eigenvalue weighted by Gasteiger charge is -2.36. The summed E-state index contributed by atoms with van der Waals surface area (Å²) in [7, 11) is 0. The Morgan fingerprint density at radius 3 is 3.06 bits per heavy atom. The molecule has 0 bridgehead atoms. The topological polar surface area (TPSA) is 49.8 Å². The lowest BCUT2D eigenvalue weighted by atomic mass is 10.1. The molecule has 0 amide bonds. The zero-order chi connectivity index (χ0) is 12.4. The Hall–Kier alpha value is -0.620. The van der Waals surface area contributed by atoms with E-state index in [2.05, 4.69) is 0 Å². The van der Waals surface area contributed by atoms with E-state index in [-0.39, 0.29) is 12.6 Å². The van der Waals surface area contributed by atoms with E-state index >= 15 is 0 Å². The molecule has 6 heteroatoms. The number of thiophene rings is 1. The van der Waals surface area contributed by atoms with Crippen molar-refractivity contribution in [3.8, 4) is 0 Å². The Kier molecular flexibility index (Phi) is 4.04. The predicted molar refractivity (Wildman–Crippen MR) is 66.7 cm³/mol. The Bertz CT molecular complexity index is 409. The standard InChI is InChI=1S/C11H14ClNO3S/c1-7(9-2-3-10(12)17-9)13-4-5-16-6-8(13)11(14)15/h2-3,7-8H,4-6H2,1H3,(H,14,15). The number of halogens is 1. The maximum absolute atomic E-state index is 11.2. The molecule has 94 valence electrons. The van der Waals surface area contributed by atoms with Gasteiger partial charge in [-0.15, -0.1) is 11.3 Å². The van der Waals surface area contributed by atoms with Gasteiger partial charge in [0.25, 0.3) is 0 Å². The van der Waals surface area contributed by atoms with Gasteiger partial charge in [0, 0.05) is 17.5 Å². The van der Waals surface area contributed by atoms with Gasteiger partial charge in [0.15, 0.2) is 0 Å². The van der Waals surface area contributed by atoms with Crippen molar-refractivity contribution in [2.45, 2.75) is 19.0 Å². The van der Waals surface area contributed by atoms with Crippen molar-refractivity contribution >= 4 is 28.9 Å². The summed E-state index contributed by atoms with van der Waals surface area (Å²) in [5.74, 6) is -0.834. The number of hydrogen-bond donors (Lipinski definition) is 1. The van der Waals surface area contributed by atoms with Crippen LogP contribution in [-0.2, 0) is 9.53 Å². The van der Waals surface area contributed by atoms with Crippen LogP contribution in [-0.4, -0.2) is 41.8 Å².